The Balaban J connectivity index is 1.40. The van der Waals surface area contributed by atoms with Crippen molar-refractivity contribution in [2.24, 2.45) is 0 Å². The molecular weight excluding hydrogens is 330 g/mol. The fourth-order valence-corrected chi connectivity index (χ4v) is 3.19. The number of benzene rings is 2. The summed E-state index contributed by atoms with van der Waals surface area (Å²) in [6.45, 7) is 0.914. The van der Waals surface area contributed by atoms with E-state index in [0.717, 1.165) is 22.2 Å². The van der Waals surface area contributed by atoms with Crippen LogP contribution in [-0.2, 0) is 16.0 Å². The molecule has 2 aromatic carbocycles. The van der Waals surface area contributed by atoms with Crippen LogP contribution in [-0.4, -0.2) is 30.1 Å². The number of hydrogen-bond acceptors (Lipinski definition) is 3. The molecule has 0 unspecified atom stereocenters. The molecule has 2 amide bonds. The van der Waals surface area contributed by atoms with Crippen molar-refractivity contribution in [1.82, 2.24) is 4.98 Å². The number of carbonyl (C=O) groups is 2. The third kappa shape index (κ3) is 3.26. The predicted octanol–water partition coefficient (Wildman–Crippen LogP) is 3.70. The van der Waals surface area contributed by atoms with E-state index in [1.54, 1.807) is 11.0 Å². The summed E-state index contributed by atoms with van der Waals surface area (Å²) in [5, 5.41) is 4.05. The lowest BCUT2D eigenvalue weighted by Crippen LogP contribution is -2.23. The summed E-state index contributed by atoms with van der Waals surface area (Å²) in [7, 11) is 0. The van der Waals surface area contributed by atoms with Crippen LogP contribution in [0.2, 0.25) is 0 Å². The molecule has 1 aliphatic heterocycles. The summed E-state index contributed by atoms with van der Waals surface area (Å²) in [6.07, 6.45) is 2.65. The smallest absolute Gasteiger partial charge is 0.414 e. The number of H-pyrrole nitrogens is 1. The summed E-state index contributed by atoms with van der Waals surface area (Å²) in [6, 6.07) is 15.3. The Morgan fingerprint density at radius 3 is 2.92 bits per heavy atom. The topological polar surface area (TPSA) is 74.4 Å². The Kier molecular flexibility index (Phi) is 4.31. The average molecular weight is 349 g/mol. The maximum absolute atomic E-state index is 12.3. The van der Waals surface area contributed by atoms with Crippen LogP contribution in [0, 0.1) is 0 Å². The molecule has 26 heavy (non-hydrogen) atoms. The SMILES string of the molecule is O=C(CCc1c[nH]c2ccccc12)Nc1cccc(N2CCOC2=O)c1. The second kappa shape index (κ2) is 6.92. The largest absolute Gasteiger partial charge is 0.447 e. The zero-order valence-electron chi connectivity index (χ0n) is 14.2. The van der Waals surface area contributed by atoms with Crippen molar-refractivity contribution in [2.45, 2.75) is 12.8 Å². The number of cyclic esters (lactones) is 1. The number of nitrogens with one attached hydrogen (secondary N) is 2. The summed E-state index contributed by atoms with van der Waals surface area (Å²) < 4.78 is 4.95. The molecule has 0 atom stereocenters. The van der Waals surface area contributed by atoms with E-state index in [1.807, 2.05) is 42.6 Å². The maximum atomic E-state index is 12.3. The fraction of sp³-hybridized carbons (Fsp3) is 0.200. The zero-order valence-corrected chi connectivity index (χ0v) is 14.2. The Morgan fingerprint density at radius 2 is 2.08 bits per heavy atom. The van der Waals surface area contributed by atoms with Crippen molar-refractivity contribution in [2.75, 3.05) is 23.4 Å². The fourth-order valence-electron chi connectivity index (χ4n) is 3.19. The first-order valence-corrected chi connectivity index (χ1v) is 8.60. The summed E-state index contributed by atoms with van der Waals surface area (Å²) in [5.41, 5.74) is 3.60. The van der Waals surface area contributed by atoms with Crippen molar-refractivity contribution in [3.8, 4) is 0 Å². The lowest BCUT2D eigenvalue weighted by Gasteiger charge is -2.14. The number of ether oxygens (including phenoxy) is 1. The van der Waals surface area contributed by atoms with Crippen molar-refractivity contribution >= 4 is 34.3 Å². The van der Waals surface area contributed by atoms with Crippen LogP contribution >= 0.6 is 0 Å². The highest BCUT2D eigenvalue weighted by molar-refractivity contribution is 5.94. The quantitative estimate of drug-likeness (QED) is 0.738. The first-order chi connectivity index (χ1) is 12.7. The van der Waals surface area contributed by atoms with Gasteiger partial charge in [0.1, 0.15) is 6.61 Å². The van der Waals surface area contributed by atoms with Gasteiger partial charge in [0.25, 0.3) is 0 Å². The Hall–Kier alpha value is -3.28. The molecule has 6 heteroatoms. The molecule has 1 saturated heterocycles. The van der Waals surface area contributed by atoms with E-state index in [4.69, 9.17) is 4.74 Å². The third-order valence-corrected chi connectivity index (χ3v) is 4.50. The number of nitrogens with zero attached hydrogens (tertiary/aromatic N) is 1. The highest BCUT2D eigenvalue weighted by atomic mass is 16.6. The molecule has 2 N–H and O–H groups in total. The molecule has 132 valence electrons. The number of fused-ring (bicyclic) bond motifs is 1. The van der Waals surface area contributed by atoms with E-state index in [-0.39, 0.29) is 12.0 Å². The van der Waals surface area contributed by atoms with Gasteiger partial charge >= 0.3 is 6.09 Å². The van der Waals surface area contributed by atoms with Crippen LogP contribution in [0.1, 0.15) is 12.0 Å². The Labute approximate surface area is 150 Å². The van der Waals surface area contributed by atoms with Crippen LogP contribution < -0.4 is 10.2 Å². The minimum atomic E-state index is -0.354. The van der Waals surface area contributed by atoms with Crippen LogP contribution in [0.4, 0.5) is 16.2 Å². The van der Waals surface area contributed by atoms with Gasteiger partial charge < -0.3 is 15.0 Å². The van der Waals surface area contributed by atoms with E-state index in [9.17, 15) is 9.59 Å². The number of amides is 2. The predicted molar refractivity (Wildman–Crippen MR) is 100 cm³/mol. The van der Waals surface area contributed by atoms with Gasteiger partial charge in [-0.25, -0.2) is 4.79 Å². The standard InChI is InChI=1S/C20H19N3O3/c24-19(9-8-14-13-21-18-7-2-1-6-17(14)18)22-15-4-3-5-16(12-15)23-10-11-26-20(23)25/h1-7,12-13,21H,8-11H2,(H,22,24). The molecular formula is C20H19N3O3. The molecule has 6 nitrogen and oxygen atoms in total. The molecule has 0 spiro atoms. The van der Waals surface area contributed by atoms with Gasteiger partial charge in [-0.2, -0.15) is 0 Å². The monoisotopic (exact) mass is 349 g/mol. The molecule has 1 fully saturated rings. The van der Waals surface area contributed by atoms with Gasteiger partial charge in [-0.15, -0.1) is 0 Å². The Bertz CT molecular complexity index is 964. The lowest BCUT2D eigenvalue weighted by atomic mass is 10.1. The zero-order chi connectivity index (χ0) is 17.9. The Morgan fingerprint density at radius 1 is 1.19 bits per heavy atom. The lowest BCUT2D eigenvalue weighted by molar-refractivity contribution is -0.116. The number of carbonyl (C=O) groups excluding carboxylic acids is 2. The molecule has 0 radical (unpaired) electrons. The van der Waals surface area contributed by atoms with E-state index >= 15 is 0 Å². The first kappa shape index (κ1) is 16.2. The first-order valence-electron chi connectivity index (χ1n) is 8.60. The van der Waals surface area contributed by atoms with Crippen molar-refractivity contribution in [3.63, 3.8) is 0 Å². The average Bonchev–Trinajstić information content (AvgIpc) is 3.26. The molecule has 3 aromatic rings. The van der Waals surface area contributed by atoms with Gasteiger partial charge in [0.15, 0.2) is 0 Å². The number of hydrogen-bond donors (Lipinski definition) is 2. The van der Waals surface area contributed by atoms with Crippen LogP contribution in [0.5, 0.6) is 0 Å². The number of aromatic amines is 1. The minimum absolute atomic E-state index is 0.0589. The minimum Gasteiger partial charge on any atom is -0.447 e. The number of anilines is 2. The van der Waals surface area contributed by atoms with Crippen LogP contribution in [0.3, 0.4) is 0 Å². The van der Waals surface area contributed by atoms with Crippen LogP contribution in [0.25, 0.3) is 10.9 Å². The van der Waals surface area contributed by atoms with E-state index < -0.39 is 0 Å². The summed E-state index contributed by atoms with van der Waals surface area (Å²) >= 11 is 0. The second-order valence-electron chi connectivity index (χ2n) is 6.22. The van der Waals surface area contributed by atoms with Crippen molar-refractivity contribution in [3.05, 3.63) is 60.3 Å². The molecule has 0 saturated carbocycles. The summed E-state index contributed by atoms with van der Waals surface area (Å²) in [4.78, 5) is 28.8. The van der Waals surface area contributed by atoms with Gasteiger partial charge in [0, 0.05) is 34.9 Å². The molecule has 4 rings (SSSR count). The van der Waals surface area contributed by atoms with Gasteiger partial charge in [0.05, 0.1) is 6.54 Å². The summed E-state index contributed by atoms with van der Waals surface area (Å²) in [5.74, 6) is -0.0589. The van der Waals surface area contributed by atoms with Gasteiger partial charge in [-0.05, 0) is 36.2 Å². The molecule has 2 heterocycles. The molecule has 0 bridgehead atoms. The van der Waals surface area contributed by atoms with Gasteiger partial charge in [0.2, 0.25) is 5.91 Å². The molecule has 1 aromatic heterocycles. The van der Waals surface area contributed by atoms with E-state index in [0.29, 0.717) is 31.7 Å². The molecule has 0 aliphatic carbocycles. The number of aryl methyl sites for hydroxylation is 1. The third-order valence-electron chi connectivity index (χ3n) is 4.50. The van der Waals surface area contributed by atoms with Crippen molar-refractivity contribution in [1.29, 1.82) is 0 Å². The number of rotatable bonds is 5. The highest BCUT2D eigenvalue weighted by Gasteiger charge is 2.23. The van der Waals surface area contributed by atoms with Crippen molar-refractivity contribution < 1.29 is 14.3 Å². The normalized spacial score (nSPS) is 13.8. The van der Waals surface area contributed by atoms with E-state index in [1.165, 1.54) is 0 Å². The number of aromatic nitrogens is 1. The van der Waals surface area contributed by atoms with Crippen LogP contribution in [0.15, 0.2) is 54.7 Å². The molecule has 1 aliphatic rings. The number of para-hydroxylation sites is 1. The van der Waals surface area contributed by atoms with Gasteiger partial charge in [-0.1, -0.05) is 24.3 Å². The highest BCUT2D eigenvalue weighted by Crippen LogP contribution is 2.23. The second-order valence-corrected chi connectivity index (χ2v) is 6.22. The maximum Gasteiger partial charge on any atom is 0.414 e. The van der Waals surface area contributed by atoms with Gasteiger partial charge in [-0.3, -0.25) is 9.69 Å². The van der Waals surface area contributed by atoms with E-state index in [2.05, 4.69) is 16.4 Å².